The summed E-state index contributed by atoms with van der Waals surface area (Å²) in [6, 6.07) is 32.7. The van der Waals surface area contributed by atoms with Gasteiger partial charge in [-0.05, 0) is 76.2 Å². The zero-order chi connectivity index (χ0) is 30.7. The molecule has 4 rings (SSSR count). The predicted molar refractivity (Wildman–Crippen MR) is 189 cm³/mol. The van der Waals surface area contributed by atoms with Gasteiger partial charge in [0.25, 0.3) is 0 Å². The summed E-state index contributed by atoms with van der Waals surface area (Å²) in [5.74, 6) is 0. The maximum absolute atomic E-state index is 4.33. The van der Waals surface area contributed by atoms with Gasteiger partial charge in [0.1, 0.15) is 13.1 Å². The summed E-state index contributed by atoms with van der Waals surface area (Å²) in [5.41, 5.74) is 9.01. The third-order valence-corrected chi connectivity index (χ3v) is 6.19. The van der Waals surface area contributed by atoms with Gasteiger partial charge in [-0.15, -0.1) is 0 Å². The Kier molecular flexibility index (Phi) is 28.7. The zero-order valence-electron chi connectivity index (χ0n) is 30.3. The molecule has 0 aromatic heterocycles. The van der Waals surface area contributed by atoms with E-state index in [1.165, 1.54) is 45.1 Å². The van der Waals surface area contributed by atoms with Crippen LogP contribution in [0.15, 0.2) is 107 Å². The Bertz CT molecular complexity index is 1230. The van der Waals surface area contributed by atoms with Crippen molar-refractivity contribution in [1.82, 2.24) is 0 Å². The van der Waals surface area contributed by atoms with Crippen LogP contribution in [-0.4, -0.2) is 54.0 Å². The fraction of sp³-hybridized carbons (Fsp3) is 0.278. The number of nitrogens with two attached hydrogens (primary N) is 1. The summed E-state index contributed by atoms with van der Waals surface area (Å²) in [6.07, 6.45) is 3.44. The number of nitrogens with one attached hydrogen (secondary N) is 4. The molecule has 46 heavy (non-hydrogen) atoms. The Labute approximate surface area is 314 Å². The monoisotopic (exact) mass is 603 g/mol. The molecule has 0 unspecified atom stereocenters. The van der Waals surface area contributed by atoms with Crippen LogP contribution in [0.1, 0.15) is 22.3 Å². The van der Waals surface area contributed by atoms with Crippen molar-refractivity contribution in [3.8, 4) is 0 Å². The normalized spacial score (nSPS) is 9.87. The van der Waals surface area contributed by atoms with Crippen LogP contribution >= 0.6 is 0 Å². The summed E-state index contributed by atoms with van der Waals surface area (Å²) in [7, 11) is 8.73. The van der Waals surface area contributed by atoms with Gasteiger partial charge in [-0.3, -0.25) is 0 Å². The molecule has 0 saturated carbocycles. The van der Waals surface area contributed by atoms with Gasteiger partial charge in [-0.2, -0.15) is 0 Å². The number of benzene rings is 4. The number of hydrogen-bond donors (Lipinski definition) is 4. The number of likely N-dealkylation sites (N-methyl/N-ethyl adjacent to an activating group) is 2. The smallest absolute Gasteiger partial charge is 0.693 e. The summed E-state index contributed by atoms with van der Waals surface area (Å²) >= 11 is 0. The van der Waals surface area contributed by atoms with E-state index in [-0.39, 0.29) is 62.7 Å². The van der Waals surface area contributed by atoms with E-state index in [9.17, 15) is 0 Å². The van der Waals surface area contributed by atoms with Crippen LogP contribution < -0.4 is 77.0 Å². The molecule has 0 heterocycles. The Hall–Kier alpha value is -2.51. The van der Waals surface area contributed by atoms with Crippen molar-refractivity contribution >= 4 is 35.4 Å². The Morgan fingerprint density at radius 2 is 0.696 bits per heavy atom. The van der Waals surface area contributed by atoms with Gasteiger partial charge in [-0.1, -0.05) is 70.8 Å². The number of quaternary nitrogens is 2. The molecule has 0 spiro atoms. The first kappa shape index (κ1) is 47.9. The minimum atomic E-state index is 0. The average Bonchev–Trinajstić information content (AvgIpc) is 2.97. The summed E-state index contributed by atoms with van der Waals surface area (Å²) in [6.45, 7) is 10.8. The van der Waals surface area contributed by atoms with E-state index in [2.05, 4.69) is 125 Å². The largest absolute Gasteiger partial charge is 1.00 e. The van der Waals surface area contributed by atoms with Crippen LogP contribution in [0.4, 0.5) is 22.7 Å². The van der Waals surface area contributed by atoms with E-state index in [4.69, 9.17) is 0 Å². The van der Waals surface area contributed by atoms with Gasteiger partial charge in [0.2, 0.25) is 0 Å². The first-order valence-electron chi connectivity index (χ1n) is 14.5. The number of nitrogens with zero attached hydrogens (tertiary/aromatic N) is 2. The van der Waals surface area contributed by atoms with Gasteiger partial charge in [0.15, 0.2) is 0 Å². The molecule has 4 aromatic carbocycles. The second kappa shape index (κ2) is 27.6. The van der Waals surface area contributed by atoms with Gasteiger partial charge >= 0.3 is 56.6 Å². The molecule has 0 saturated heterocycles. The first-order valence-corrected chi connectivity index (χ1v) is 14.5. The minimum absolute atomic E-state index is 0. The minimum Gasteiger partial charge on any atom is -0.693 e. The van der Waals surface area contributed by atoms with Gasteiger partial charge in [0, 0.05) is 11.4 Å². The number of aryl methyl sites for hydroxylation is 4. The number of hydrogen-bond acceptors (Lipinski definition) is 2. The molecule has 7 nitrogen and oxygen atoms in total. The topological polar surface area (TPSA) is 91.2 Å². The molecule has 0 aliphatic carbocycles. The molecule has 0 fully saturated rings. The van der Waals surface area contributed by atoms with E-state index >= 15 is 0 Å². The van der Waals surface area contributed by atoms with Crippen molar-refractivity contribution in [3.63, 3.8) is 0 Å². The number of aliphatic imine (C=N–C) groups is 2. The molecule has 4 aromatic rings. The third kappa shape index (κ3) is 22.9. The van der Waals surface area contributed by atoms with Crippen LogP contribution in [-0.2, 0) is 0 Å². The van der Waals surface area contributed by atoms with Crippen LogP contribution in [0.3, 0.4) is 0 Å². The van der Waals surface area contributed by atoms with E-state index in [0.29, 0.717) is 0 Å². The fourth-order valence-corrected chi connectivity index (χ4v) is 3.42. The van der Waals surface area contributed by atoms with Gasteiger partial charge < -0.3 is 26.6 Å². The van der Waals surface area contributed by atoms with E-state index < -0.39 is 0 Å². The molecule has 0 aliphatic heterocycles. The van der Waals surface area contributed by atoms with Crippen LogP contribution in [0.25, 0.3) is 6.15 Å². The first-order chi connectivity index (χ1) is 20.1. The predicted octanol–water partition coefficient (Wildman–Crippen LogP) is -2.84. The molecule has 230 valence electrons. The van der Waals surface area contributed by atoms with Crippen molar-refractivity contribution in [2.45, 2.75) is 27.7 Å². The van der Waals surface area contributed by atoms with Crippen molar-refractivity contribution in [1.29, 1.82) is 0 Å². The second-order valence-corrected chi connectivity index (χ2v) is 11.1. The molecule has 10 heteroatoms. The van der Waals surface area contributed by atoms with Crippen LogP contribution in [0.5, 0.6) is 0 Å². The maximum Gasteiger partial charge on any atom is 1.00 e. The molecule has 0 aliphatic rings. The van der Waals surface area contributed by atoms with E-state index in [1.54, 1.807) is 12.7 Å². The molecule has 0 radical (unpaired) electrons. The van der Waals surface area contributed by atoms with Crippen LogP contribution in [0, 0.1) is 27.7 Å². The molecule has 0 amide bonds. The molecule has 0 bridgehead atoms. The van der Waals surface area contributed by atoms with E-state index in [1.807, 2.05) is 48.5 Å². The Morgan fingerprint density at radius 1 is 0.457 bits per heavy atom. The number of anilines is 2. The van der Waals surface area contributed by atoms with Gasteiger partial charge in [0.05, 0.1) is 52.2 Å². The van der Waals surface area contributed by atoms with E-state index in [0.717, 1.165) is 22.7 Å². The second-order valence-electron chi connectivity index (χ2n) is 11.1. The molecule has 6 N–H and O–H groups in total. The van der Waals surface area contributed by atoms with Crippen LogP contribution in [0.2, 0.25) is 0 Å². The SMILES string of the molecule is C[NH+](C)CC[NH+](C)C.Cc1ccc(N=CNc2ccc(C)cc2)cc1.Cc1ccc(N=CNc2ccc(C)cc2)cc1.[Li+].[Li+].[Li+].[NH2-]. The van der Waals surface area contributed by atoms with Crippen molar-refractivity contribution < 1.29 is 66.4 Å². The average molecular weight is 604 g/mol. The summed E-state index contributed by atoms with van der Waals surface area (Å²) in [4.78, 5) is 11.7. The third-order valence-electron chi connectivity index (χ3n) is 6.19. The summed E-state index contributed by atoms with van der Waals surface area (Å²) < 4.78 is 0. The Morgan fingerprint density at radius 3 is 0.935 bits per heavy atom. The Balaban J connectivity index is -0.000000613. The fourth-order valence-electron chi connectivity index (χ4n) is 3.42. The zero-order valence-corrected chi connectivity index (χ0v) is 30.3. The number of rotatable bonds is 9. The van der Waals surface area contributed by atoms with Gasteiger partial charge in [-0.25, -0.2) is 9.98 Å². The standard InChI is InChI=1S/2C15H16N2.C6H16N2.3Li.H2N/c2*1-12-3-7-14(8-4-12)16-11-17-15-9-5-13(2)6-10-15;1-7(2)5-6-8(3)4;;;;/h2*3-11H,1-2H3,(H,16,17);5-6H2,1-4H3;;;;1H2/q;;;3*+1;-1/p+2. The van der Waals surface area contributed by atoms with Crippen molar-refractivity contribution in [2.24, 2.45) is 9.98 Å². The van der Waals surface area contributed by atoms with Crippen molar-refractivity contribution in [3.05, 3.63) is 125 Å². The molecular formula is C36H52Li3N7+4. The quantitative estimate of drug-likeness (QED) is 0.0944. The van der Waals surface area contributed by atoms with Crippen molar-refractivity contribution in [2.75, 3.05) is 51.9 Å². The molecule has 0 atom stereocenters. The summed E-state index contributed by atoms with van der Waals surface area (Å²) in [5, 5.41) is 6.29. The maximum atomic E-state index is 4.33. The molecular weight excluding hydrogens is 551 g/mol.